The van der Waals surface area contributed by atoms with Gasteiger partial charge in [-0.1, -0.05) is 0 Å². The molecule has 2 heterocycles. The summed E-state index contributed by atoms with van der Waals surface area (Å²) in [5.41, 5.74) is 0. The van der Waals surface area contributed by atoms with Gasteiger partial charge in [0.15, 0.2) is 0 Å². The number of hydrogen-bond acceptors (Lipinski definition) is 5. The number of nitrogens with zero attached hydrogens (tertiary/aromatic N) is 4. The molecule has 130 valence electrons. The molecule has 1 aromatic heterocycles. The van der Waals surface area contributed by atoms with E-state index in [9.17, 15) is 17.9 Å². The summed E-state index contributed by atoms with van der Waals surface area (Å²) in [6.45, 7) is 2.25. The fourth-order valence-corrected chi connectivity index (χ4v) is 4.66. The van der Waals surface area contributed by atoms with Crippen LogP contribution in [-0.2, 0) is 16.6 Å². The summed E-state index contributed by atoms with van der Waals surface area (Å²) in [7, 11) is -3.75. The highest BCUT2D eigenvalue weighted by Crippen LogP contribution is 2.35. The molecule has 0 spiro atoms. The van der Waals surface area contributed by atoms with Crippen LogP contribution in [0, 0.1) is 12.7 Å². The van der Waals surface area contributed by atoms with Crippen molar-refractivity contribution in [2.45, 2.75) is 37.2 Å². The Morgan fingerprint density at radius 3 is 2.71 bits per heavy atom. The predicted molar refractivity (Wildman–Crippen MR) is 84.1 cm³/mol. The molecule has 1 aliphatic rings. The Labute approximate surface area is 139 Å². The molecule has 24 heavy (non-hydrogen) atoms. The minimum atomic E-state index is -3.75. The van der Waals surface area contributed by atoms with Crippen LogP contribution in [-0.4, -0.2) is 45.7 Å². The number of benzene rings is 1. The zero-order chi connectivity index (χ0) is 17.3. The fourth-order valence-electron chi connectivity index (χ4n) is 3.01. The topological polar surface area (TPSA) is 88.3 Å². The first-order valence-electron chi connectivity index (χ1n) is 7.73. The van der Waals surface area contributed by atoms with Crippen molar-refractivity contribution < 1.29 is 17.9 Å². The Morgan fingerprint density at radius 2 is 2.04 bits per heavy atom. The van der Waals surface area contributed by atoms with Gasteiger partial charge < -0.3 is 5.11 Å². The molecule has 7 nitrogen and oxygen atoms in total. The van der Waals surface area contributed by atoms with Gasteiger partial charge in [0, 0.05) is 6.54 Å². The van der Waals surface area contributed by atoms with E-state index < -0.39 is 21.9 Å². The van der Waals surface area contributed by atoms with Gasteiger partial charge >= 0.3 is 0 Å². The normalized spacial score (nSPS) is 19.0. The van der Waals surface area contributed by atoms with Gasteiger partial charge in [0.2, 0.25) is 10.0 Å². The molecule has 1 N–H and O–H groups in total. The first kappa shape index (κ1) is 17.0. The third kappa shape index (κ3) is 3.06. The highest BCUT2D eigenvalue weighted by atomic mass is 32.2. The maximum atomic E-state index is 13.1. The van der Waals surface area contributed by atoms with Crippen LogP contribution in [0.3, 0.4) is 0 Å². The van der Waals surface area contributed by atoms with Crippen molar-refractivity contribution in [3.05, 3.63) is 41.7 Å². The molecule has 0 aliphatic carbocycles. The molecule has 0 amide bonds. The first-order valence-corrected chi connectivity index (χ1v) is 9.17. The Kier molecular flexibility index (Phi) is 4.66. The van der Waals surface area contributed by atoms with Crippen molar-refractivity contribution in [3.8, 4) is 0 Å². The summed E-state index contributed by atoms with van der Waals surface area (Å²) in [5, 5.41) is 13.4. The smallest absolute Gasteiger partial charge is 0.243 e. The number of halogens is 1. The van der Waals surface area contributed by atoms with Crippen LogP contribution in [0.25, 0.3) is 0 Å². The molecule has 1 saturated heterocycles. The van der Waals surface area contributed by atoms with Crippen LogP contribution in [0.5, 0.6) is 0 Å². The van der Waals surface area contributed by atoms with Gasteiger partial charge in [-0.05, 0) is 44.0 Å². The van der Waals surface area contributed by atoms with E-state index in [2.05, 4.69) is 10.1 Å². The molecule has 1 unspecified atom stereocenters. The van der Waals surface area contributed by atoms with E-state index in [-0.39, 0.29) is 18.0 Å². The van der Waals surface area contributed by atoms with E-state index in [4.69, 9.17) is 0 Å². The van der Waals surface area contributed by atoms with Crippen molar-refractivity contribution in [2.24, 2.45) is 0 Å². The SMILES string of the molecule is Cc1nc(C2CCCN2S(=O)(=O)c2ccc(F)cc2)n(CCO)n1. The standard InChI is InChI=1S/C15H19FN4O3S/c1-11-17-15(19(18-11)9-10-21)14-3-2-8-20(14)24(22,23)13-6-4-12(16)5-7-13/h4-7,14,21H,2-3,8-10H2,1H3. The second-order valence-corrected chi connectivity index (χ2v) is 7.58. The molecular weight excluding hydrogens is 335 g/mol. The largest absolute Gasteiger partial charge is 0.394 e. The number of aliphatic hydroxyl groups excluding tert-OH is 1. The Morgan fingerprint density at radius 1 is 1.33 bits per heavy atom. The van der Waals surface area contributed by atoms with E-state index in [0.717, 1.165) is 12.1 Å². The third-order valence-electron chi connectivity index (χ3n) is 4.04. The monoisotopic (exact) mass is 354 g/mol. The van der Waals surface area contributed by atoms with Crippen molar-refractivity contribution in [3.63, 3.8) is 0 Å². The average molecular weight is 354 g/mol. The van der Waals surface area contributed by atoms with Crippen LogP contribution < -0.4 is 0 Å². The number of aromatic nitrogens is 3. The zero-order valence-electron chi connectivity index (χ0n) is 13.3. The van der Waals surface area contributed by atoms with E-state index >= 15 is 0 Å². The van der Waals surface area contributed by atoms with Gasteiger partial charge in [0.05, 0.1) is 24.1 Å². The van der Waals surface area contributed by atoms with Gasteiger partial charge in [-0.2, -0.15) is 9.40 Å². The summed E-state index contributed by atoms with van der Waals surface area (Å²) >= 11 is 0. The highest BCUT2D eigenvalue weighted by Gasteiger charge is 2.38. The first-order chi connectivity index (χ1) is 11.4. The van der Waals surface area contributed by atoms with Gasteiger partial charge in [-0.3, -0.25) is 0 Å². The molecule has 1 aliphatic heterocycles. The van der Waals surface area contributed by atoms with Gasteiger partial charge in [-0.15, -0.1) is 0 Å². The lowest BCUT2D eigenvalue weighted by Crippen LogP contribution is -2.32. The summed E-state index contributed by atoms with van der Waals surface area (Å²) < 4.78 is 41.8. The molecule has 2 aromatic rings. The molecule has 0 saturated carbocycles. The van der Waals surface area contributed by atoms with E-state index in [1.54, 1.807) is 11.6 Å². The number of aliphatic hydroxyl groups is 1. The lowest BCUT2D eigenvalue weighted by atomic mass is 10.2. The summed E-state index contributed by atoms with van der Waals surface area (Å²) in [5.74, 6) is 0.583. The van der Waals surface area contributed by atoms with E-state index in [1.165, 1.54) is 16.4 Å². The maximum Gasteiger partial charge on any atom is 0.243 e. The summed E-state index contributed by atoms with van der Waals surface area (Å²) in [4.78, 5) is 4.41. The van der Waals surface area contributed by atoms with Crippen LogP contribution in [0.4, 0.5) is 4.39 Å². The maximum absolute atomic E-state index is 13.1. The number of rotatable bonds is 5. The van der Waals surface area contributed by atoms with Crippen LogP contribution in [0.1, 0.15) is 30.5 Å². The fraction of sp³-hybridized carbons (Fsp3) is 0.467. The second-order valence-electron chi connectivity index (χ2n) is 5.69. The van der Waals surface area contributed by atoms with E-state index in [0.29, 0.717) is 31.0 Å². The quantitative estimate of drug-likeness (QED) is 0.873. The Bertz CT molecular complexity index is 820. The molecule has 0 bridgehead atoms. The molecule has 3 rings (SSSR count). The predicted octanol–water partition coefficient (Wildman–Crippen LogP) is 1.24. The minimum Gasteiger partial charge on any atom is -0.394 e. The zero-order valence-corrected chi connectivity index (χ0v) is 14.1. The molecule has 9 heteroatoms. The Balaban J connectivity index is 1.97. The lowest BCUT2D eigenvalue weighted by molar-refractivity contribution is 0.261. The molecule has 1 atom stereocenters. The van der Waals surface area contributed by atoms with Gasteiger partial charge in [-0.25, -0.2) is 22.5 Å². The number of sulfonamides is 1. The molecule has 1 fully saturated rings. The number of hydrogen-bond donors (Lipinski definition) is 1. The van der Waals surface area contributed by atoms with Crippen LogP contribution in [0.15, 0.2) is 29.2 Å². The van der Waals surface area contributed by atoms with Crippen molar-refractivity contribution >= 4 is 10.0 Å². The van der Waals surface area contributed by atoms with Crippen molar-refractivity contribution in [2.75, 3.05) is 13.2 Å². The summed E-state index contributed by atoms with van der Waals surface area (Å²) in [6.07, 6.45) is 1.33. The minimum absolute atomic E-state index is 0.0562. The van der Waals surface area contributed by atoms with E-state index in [1.807, 2.05) is 0 Å². The second kappa shape index (κ2) is 6.58. The summed E-state index contributed by atoms with van der Waals surface area (Å²) in [6, 6.07) is 4.37. The van der Waals surface area contributed by atoms with Gasteiger partial charge in [0.25, 0.3) is 0 Å². The van der Waals surface area contributed by atoms with Crippen molar-refractivity contribution in [1.29, 1.82) is 0 Å². The van der Waals surface area contributed by atoms with Crippen molar-refractivity contribution in [1.82, 2.24) is 19.1 Å². The Hall–Kier alpha value is -1.84. The highest BCUT2D eigenvalue weighted by molar-refractivity contribution is 7.89. The average Bonchev–Trinajstić information content (AvgIpc) is 3.15. The third-order valence-corrected chi connectivity index (χ3v) is 5.96. The molecule has 0 radical (unpaired) electrons. The van der Waals surface area contributed by atoms with Crippen LogP contribution >= 0.6 is 0 Å². The number of aryl methyl sites for hydroxylation is 1. The van der Waals surface area contributed by atoms with Gasteiger partial charge in [0.1, 0.15) is 17.5 Å². The molecular formula is C15H19FN4O3S. The lowest BCUT2D eigenvalue weighted by Gasteiger charge is -2.23. The molecule has 1 aromatic carbocycles. The van der Waals surface area contributed by atoms with Crippen LogP contribution in [0.2, 0.25) is 0 Å².